The zero-order valence-corrected chi connectivity index (χ0v) is 17.0. The van der Waals surface area contributed by atoms with E-state index in [1.165, 1.54) is 0 Å². The van der Waals surface area contributed by atoms with Gasteiger partial charge in [-0.1, -0.05) is 38.4 Å². The summed E-state index contributed by atoms with van der Waals surface area (Å²) >= 11 is 9.72. The molecule has 0 aliphatic heterocycles. The van der Waals surface area contributed by atoms with E-state index in [9.17, 15) is 4.79 Å². The van der Waals surface area contributed by atoms with Crippen LogP contribution < -0.4 is 0 Å². The summed E-state index contributed by atoms with van der Waals surface area (Å²) in [5.41, 5.74) is 2.25. The number of carbonyl (C=O) groups excluding carboxylic acids is 1. The van der Waals surface area contributed by atoms with E-state index in [-0.39, 0.29) is 11.1 Å². The Morgan fingerprint density at radius 3 is 2.62 bits per heavy atom. The highest BCUT2D eigenvalue weighted by Gasteiger charge is 2.26. The van der Waals surface area contributed by atoms with Gasteiger partial charge in [-0.05, 0) is 52.9 Å². The van der Waals surface area contributed by atoms with Gasteiger partial charge in [0.25, 0.3) is 0 Å². The molecule has 0 radical (unpaired) electrons. The number of nitrogens with zero attached hydrogens (tertiary/aromatic N) is 2. The zero-order valence-electron chi connectivity index (χ0n) is 14.6. The number of rotatable bonds is 4. The molecule has 1 heterocycles. The summed E-state index contributed by atoms with van der Waals surface area (Å²) in [6.07, 6.45) is 0.705. The first-order valence-corrected chi connectivity index (χ1v) is 9.02. The van der Waals surface area contributed by atoms with Gasteiger partial charge in [0.05, 0.1) is 12.3 Å². The number of hydrogen-bond acceptors (Lipinski definition) is 3. The molecule has 0 saturated carbocycles. The molecule has 0 aliphatic rings. The third kappa shape index (κ3) is 4.19. The smallest absolute Gasteiger partial charge is 0.359 e. The Morgan fingerprint density at radius 2 is 2.04 bits per heavy atom. The zero-order chi connectivity index (χ0) is 18.1. The summed E-state index contributed by atoms with van der Waals surface area (Å²) < 4.78 is 7.66. The minimum Gasteiger partial charge on any atom is -0.461 e. The molecule has 0 atom stereocenters. The van der Waals surface area contributed by atoms with Crippen LogP contribution in [0.2, 0.25) is 5.02 Å². The molecule has 0 amide bonds. The van der Waals surface area contributed by atoms with Gasteiger partial charge >= 0.3 is 5.97 Å². The second-order valence-electron chi connectivity index (χ2n) is 6.89. The highest BCUT2D eigenvalue weighted by Crippen LogP contribution is 2.31. The molecule has 0 spiro atoms. The van der Waals surface area contributed by atoms with Crippen molar-refractivity contribution < 1.29 is 9.53 Å². The maximum absolute atomic E-state index is 12.2. The normalized spacial score (nSPS) is 11.6. The Labute approximate surface area is 156 Å². The fourth-order valence-corrected chi connectivity index (χ4v) is 3.25. The monoisotopic (exact) mass is 412 g/mol. The van der Waals surface area contributed by atoms with Crippen molar-refractivity contribution in [3.05, 3.63) is 44.9 Å². The van der Waals surface area contributed by atoms with Gasteiger partial charge in [0, 0.05) is 11.4 Å². The number of aryl methyl sites for hydroxylation is 1. The number of aromatic nitrogens is 2. The lowest BCUT2D eigenvalue weighted by atomic mass is 9.92. The molecule has 6 heteroatoms. The standard InChI is InChI=1S/C18H22BrClN2O2/c1-6-24-17(23)15-16(19)22(14(21-15)10-18(3,4)5)13-9-12(20)8-7-11(13)2/h7-9H,6,10H2,1-5H3. The molecule has 130 valence electrons. The van der Waals surface area contributed by atoms with Crippen LogP contribution >= 0.6 is 27.5 Å². The first-order valence-electron chi connectivity index (χ1n) is 7.85. The van der Waals surface area contributed by atoms with Crippen LogP contribution in [0, 0.1) is 12.3 Å². The molecule has 0 fully saturated rings. The van der Waals surface area contributed by atoms with Crippen molar-refractivity contribution in [3.63, 3.8) is 0 Å². The fraction of sp³-hybridized carbons (Fsp3) is 0.444. The largest absolute Gasteiger partial charge is 0.461 e. The van der Waals surface area contributed by atoms with E-state index in [2.05, 4.69) is 41.7 Å². The van der Waals surface area contributed by atoms with E-state index in [0.29, 0.717) is 22.7 Å². The number of ether oxygens (including phenoxy) is 1. The topological polar surface area (TPSA) is 44.1 Å². The van der Waals surface area contributed by atoms with Gasteiger partial charge in [0.2, 0.25) is 0 Å². The maximum atomic E-state index is 12.2. The maximum Gasteiger partial charge on any atom is 0.359 e. The van der Waals surface area contributed by atoms with Crippen molar-refractivity contribution >= 4 is 33.5 Å². The Balaban J connectivity index is 2.67. The lowest BCUT2D eigenvalue weighted by molar-refractivity contribution is 0.0518. The lowest BCUT2D eigenvalue weighted by Gasteiger charge is -2.19. The van der Waals surface area contributed by atoms with Gasteiger partial charge < -0.3 is 4.74 Å². The van der Waals surface area contributed by atoms with E-state index < -0.39 is 5.97 Å². The molecule has 4 nitrogen and oxygen atoms in total. The predicted molar refractivity (Wildman–Crippen MR) is 100 cm³/mol. The summed E-state index contributed by atoms with van der Waals surface area (Å²) in [6.45, 7) is 10.5. The van der Waals surface area contributed by atoms with Crippen molar-refractivity contribution in [2.75, 3.05) is 6.61 Å². The number of esters is 1. The first-order chi connectivity index (χ1) is 11.1. The van der Waals surface area contributed by atoms with Crippen LogP contribution in [0.1, 0.15) is 49.6 Å². The Bertz CT molecular complexity index is 763. The summed E-state index contributed by atoms with van der Waals surface area (Å²) in [6, 6.07) is 5.68. The van der Waals surface area contributed by atoms with Gasteiger partial charge in [0.15, 0.2) is 5.69 Å². The molecule has 1 aromatic heterocycles. The molecule has 2 rings (SSSR count). The van der Waals surface area contributed by atoms with Crippen molar-refractivity contribution in [2.24, 2.45) is 5.41 Å². The summed E-state index contributed by atoms with van der Waals surface area (Å²) in [5.74, 6) is 0.362. The van der Waals surface area contributed by atoms with Crippen molar-refractivity contribution in [1.82, 2.24) is 9.55 Å². The van der Waals surface area contributed by atoms with Crippen molar-refractivity contribution in [1.29, 1.82) is 0 Å². The molecule has 0 bridgehead atoms. The number of benzene rings is 1. The van der Waals surface area contributed by atoms with Crippen molar-refractivity contribution in [3.8, 4) is 5.69 Å². The Morgan fingerprint density at radius 1 is 1.38 bits per heavy atom. The molecule has 0 unspecified atom stereocenters. The summed E-state index contributed by atoms with van der Waals surface area (Å²) in [4.78, 5) is 16.8. The second kappa shape index (κ2) is 7.28. The summed E-state index contributed by atoms with van der Waals surface area (Å²) in [5, 5.41) is 0.635. The second-order valence-corrected chi connectivity index (χ2v) is 8.08. The van der Waals surface area contributed by atoms with Gasteiger partial charge in [-0.3, -0.25) is 4.57 Å². The quantitative estimate of drug-likeness (QED) is 0.634. The number of hydrogen-bond donors (Lipinski definition) is 0. The Kier molecular flexibility index (Phi) is 5.76. The van der Waals surface area contributed by atoms with E-state index in [0.717, 1.165) is 17.1 Å². The number of imidazole rings is 1. The van der Waals surface area contributed by atoms with E-state index in [1.54, 1.807) is 6.92 Å². The molecular weight excluding hydrogens is 392 g/mol. The van der Waals surface area contributed by atoms with Crippen LogP contribution in [-0.2, 0) is 11.2 Å². The Hall–Kier alpha value is -1.33. The predicted octanol–water partition coefficient (Wildman–Crippen LogP) is 5.36. The van der Waals surface area contributed by atoms with Crippen LogP contribution in [0.15, 0.2) is 22.8 Å². The van der Waals surface area contributed by atoms with Crippen LogP contribution in [0.3, 0.4) is 0 Å². The summed E-state index contributed by atoms with van der Waals surface area (Å²) in [7, 11) is 0. The minimum atomic E-state index is -0.432. The van der Waals surface area contributed by atoms with E-state index in [4.69, 9.17) is 16.3 Å². The average Bonchev–Trinajstić information content (AvgIpc) is 2.76. The van der Waals surface area contributed by atoms with Gasteiger partial charge in [-0.25, -0.2) is 9.78 Å². The lowest BCUT2D eigenvalue weighted by Crippen LogP contribution is -2.14. The molecule has 2 aromatic rings. The third-order valence-electron chi connectivity index (χ3n) is 3.46. The van der Waals surface area contributed by atoms with Gasteiger partial charge in [-0.15, -0.1) is 0 Å². The van der Waals surface area contributed by atoms with E-state index >= 15 is 0 Å². The van der Waals surface area contributed by atoms with Gasteiger partial charge in [-0.2, -0.15) is 0 Å². The first kappa shape index (κ1) is 19.0. The minimum absolute atomic E-state index is 0.0148. The van der Waals surface area contributed by atoms with Crippen LogP contribution in [0.25, 0.3) is 5.69 Å². The highest BCUT2D eigenvalue weighted by atomic mass is 79.9. The molecule has 1 aromatic carbocycles. The molecule has 0 aliphatic carbocycles. The fourth-order valence-electron chi connectivity index (χ4n) is 2.43. The molecular formula is C18H22BrClN2O2. The number of carbonyl (C=O) groups is 1. The third-order valence-corrected chi connectivity index (χ3v) is 4.43. The number of halogens is 2. The van der Waals surface area contributed by atoms with Crippen molar-refractivity contribution in [2.45, 2.75) is 41.0 Å². The SMILES string of the molecule is CCOC(=O)c1nc(CC(C)(C)C)n(-c2cc(Cl)ccc2C)c1Br. The van der Waals surface area contributed by atoms with Crippen LogP contribution in [0.5, 0.6) is 0 Å². The molecule has 24 heavy (non-hydrogen) atoms. The van der Waals surface area contributed by atoms with E-state index in [1.807, 2.05) is 29.7 Å². The molecule has 0 saturated heterocycles. The van der Waals surface area contributed by atoms with Crippen LogP contribution in [0.4, 0.5) is 0 Å². The highest BCUT2D eigenvalue weighted by molar-refractivity contribution is 9.10. The van der Waals surface area contributed by atoms with Gasteiger partial charge in [0.1, 0.15) is 10.4 Å². The average molecular weight is 414 g/mol. The molecule has 0 N–H and O–H groups in total. The van der Waals surface area contributed by atoms with Crippen LogP contribution in [-0.4, -0.2) is 22.1 Å².